The predicted molar refractivity (Wildman–Crippen MR) is 124 cm³/mol. The smallest absolute Gasteiger partial charge is 0.246 e. The number of imidazole rings is 1. The number of carbonyl (C=O) groups excluding carboxylic acids is 1. The van der Waals surface area contributed by atoms with Crippen LogP contribution in [0.3, 0.4) is 0 Å². The van der Waals surface area contributed by atoms with Gasteiger partial charge in [-0.25, -0.2) is 4.98 Å². The number of benzene rings is 2. The van der Waals surface area contributed by atoms with E-state index in [1.165, 1.54) is 6.08 Å². The lowest BCUT2D eigenvalue weighted by Gasteiger charge is -2.39. The normalized spacial score (nSPS) is 18.6. The van der Waals surface area contributed by atoms with Crippen LogP contribution < -0.4 is 4.74 Å². The molecule has 0 aliphatic carbocycles. The summed E-state index contributed by atoms with van der Waals surface area (Å²) in [6.45, 7) is 6.50. The van der Waals surface area contributed by atoms with Crippen LogP contribution in [0.2, 0.25) is 10.0 Å². The summed E-state index contributed by atoms with van der Waals surface area (Å²) in [6.07, 6.45) is 3.07. The van der Waals surface area contributed by atoms with Gasteiger partial charge in [0.15, 0.2) is 0 Å². The van der Waals surface area contributed by atoms with E-state index in [9.17, 15) is 9.90 Å². The molecule has 1 N–H and O–H groups in total. The lowest BCUT2D eigenvalue weighted by atomic mass is 9.98. The quantitative estimate of drug-likeness (QED) is 0.573. The molecular weight excluding hydrogens is 451 g/mol. The summed E-state index contributed by atoms with van der Waals surface area (Å²) < 4.78 is 8.22. The Balaban J connectivity index is 1.66. The Morgan fingerprint density at radius 1 is 1.31 bits per heavy atom. The van der Waals surface area contributed by atoms with Gasteiger partial charge in [0.1, 0.15) is 18.1 Å². The molecule has 0 radical (unpaired) electrons. The van der Waals surface area contributed by atoms with Crippen molar-refractivity contribution < 1.29 is 14.6 Å². The van der Waals surface area contributed by atoms with E-state index in [0.717, 1.165) is 17.6 Å². The van der Waals surface area contributed by atoms with E-state index in [2.05, 4.69) is 16.5 Å². The molecule has 1 saturated heterocycles. The summed E-state index contributed by atoms with van der Waals surface area (Å²) >= 11 is 13.4. The SMILES string of the molecule is C=CC(=O)N1CCN2Cc3c(c(Cl)c(-c4c(O)cccc4Cl)c4ncn(C)c34)OC[C@H]2C1. The molecule has 0 saturated carbocycles. The average Bonchev–Trinajstić information content (AvgIpc) is 3.05. The minimum Gasteiger partial charge on any atom is -0.507 e. The van der Waals surface area contributed by atoms with Crippen molar-refractivity contribution in [2.24, 2.45) is 7.05 Å². The highest BCUT2D eigenvalue weighted by molar-refractivity contribution is 6.39. The minimum absolute atomic E-state index is 0.0240. The first-order valence-corrected chi connectivity index (χ1v) is 11.1. The number of halogens is 2. The van der Waals surface area contributed by atoms with Crippen LogP contribution in [0.15, 0.2) is 37.2 Å². The molecular formula is C23H22Cl2N4O3. The van der Waals surface area contributed by atoms with Crippen LogP contribution in [0.4, 0.5) is 0 Å². The van der Waals surface area contributed by atoms with Gasteiger partial charge in [-0.05, 0) is 18.2 Å². The van der Waals surface area contributed by atoms with Crippen molar-refractivity contribution in [2.75, 3.05) is 26.2 Å². The van der Waals surface area contributed by atoms with Gasteiger partial charge in [-0.15, -0.1) is 0 Å². The van der Waals surface area contributed by atoms with Gasteiger partial charge < -0.3 is 19.3 Å². The molecule has 1 amide bonds. The number of aromatic nitrogens is 2. The van der Waals surface area contributed by atoms with Gasteiger partial charge in [-0.2, -0.15) is 0 Å². The summed E-state index contributed by atoms with van der Waals surface area (Å²) in [6, 6.07) is 4.99. The van der Waals surface area contributed by atoms with Gasteiger partial charge in [0.2, 0.25) is 5.91 Å². The molecule has 5 rings (SSSR count). The molecule has 0 spiro atoms. The van der Waals surface area contributed by atoms with E-state index >= 15 is 0 Å². The van der Waals surface area contributed by atoms with E-state index in [0.29, 0.717) is 58.7 Å². The van der Waals surface area contributed by atoms with Crippen LogP contribution in [0.25, 0.3) is 22.2 Å². The lowest BCUT2D eigenvalue weighted by Crippen LogP contribution is -2.55. The molecule has 2 aliphatic heterocycles. The molecule has 3 heterocycles. The third kappa shape index (κ3) is 3.23. The zero-order valence-electron chi connectivity index (χ0n) is 17.5. The number of hydrogen-bond acceptors (Lipinski definition) is 5. The zero-order chi connectivity index (χ0) is 22.6. The highest BCUT2D eigenvalue weighted by Crippen LogP contribution is 2.49. The van der Waals surface area contributed by atoms with Crippen molar-refractivity contribution in [3.05, 3.63) is 52.8 Å². The van der Waals surface area contributed by atoms with Gasteiger partial charge in [0.25, 0.3) is 0 Å². The molecule has 1 aromatic heterocycles. The number of carbonyl (C=O) groups is 1. The van der Waals surface area contributed by atoms with E-state index in [-0.39, 0.29) is 17.7 Å². The van der Waals surface area contributed by atoms with Gasteiger partial charge in [-0.3, -0.25) is 9.69 Å². The Morgan fingerprint density at radius 3 is 2.88 bits per heavy atom. The number of ether oxygens (including phenoxy) is 1. The van der Waals surface area contributed by atoms with E-state index in [1.54, 1.807) is 29.4 Å². The number of phenolic OH excluding ortho intramolecular Hbond substituents is 1. The van der Waals surface area contributed by atoms with Gasteiger partial charge in [-0.1, -0.05) is 35.8 Å². The number of aromatic hydroxyl groups is 1. The first-order valence-electron chi connectivity index (χ1n) is 10.3. The first-order chi connectivity index (χ1) is 15.4. The molecule has 2 aliphatic rings. The third-order valence-electron chi connectivity index (χ3n) is 6.27. The summed E-state index contributed by atoms with van der Waals surface area (Å²) in [5.74, 6) is 0.513. The maximum absolute atomic E-state index is 12.1. The van der Waals surface area contributed by atoms with Crippen LogP contribution in [0, 0.1) is 0 Å². The van der Waals surface area contributed by atoms with Crippen LogP contribution in [-0.2, 0) is 18.4 Å². The maximum Gasteiger partial charge on any atom is 0.246 e. The number of rotatable bonds is 2. The molecule has 1 atom stereocenters. The molecule has 0 bridgehead atoms. The van der Waals surface area contributed by atoms with E-state index in [4.69, 9.17) is 27.9 Å². The molecule has 1 fully saturated rings. The molecule has 3 aromatic rings. The van der Waals surface area contributed by atoms with Crippen molar-refractivity contribution in [1.82, 2.24) is 19.4 Å². The Hall–Kier alpha value is -2.74. The molecule has 32 heavy (non-hydrogen) atoms. The summed E-state index contributed by atoms with van der Waals surface area (Å²) in [5, 5.41) is 11.3. The van der Waals surface area contributed by atoms with E-state index in [1.807, 2.05) is 11.6 Å². The second kappa shape index (κ2) is 7.99. The molecule has 2 aromatic carbocycles. The number of fused-ring (bicyclic) bond motifs is 4. The summed E-state index contributed by atoms with van der Waals surface area (Å²) in [5.41, 5.74) is 3.45. The average molecular weight is 473 g/mol. The topological polar surface area (TPSA) is 70.8 Å². The highest BCUT2D eigenvalue weighted by atomic mass is 35.5. The third-order valence-corrected chi connectivity index (χ3v) is 6.94. The Bertz CT molecular complexity index is 1240. The number of hydrogen-bond donors (Lipinski definition) is 1. The summed E-state index contributed by atoms with van der Waals surface area (Å²) in [4.78, 5) is 20.8. The minimum atomic E-state index is -0.0741. The van der Waals surface area contributed by atoms with Gasteiger partial charge in [0.05, 0.1) is 33.4 Å². The number of amides is 1. The number of piperazine rings is 1. The fourth-order valence-electron chi connectivity index (χ4n) is 4.68. The number of phenols is 1. The van der Waals surface area contributed by atoms with Crippen molar-refractivity contribution in [1.29, 1.82) is 0 Å². The second-order valence-electron chi connectivity index (χ2n) is 8.11. The second-order valence-corrected chi connectivity index (χ2v) is 8.89. The zero-order valence-corrected chi connectivity index (χ0v) is 19.0. The van der Waals surface area contributed by atoms with Crippen LogP contribution >= 0.6 is 23.2 Å². The van der Waals surface area contributed by atoms with Crippen molar-refractivity contribution in [2.45, 2.75) is 12.6 Å². The number of aryl methyl sites for hydroxylation is 1. The fourth-order valence-corrected chi connectivity index (χ4v) is 5.30. The molecule has 166 valence electrons. The Kier molecular flexibility index (Phi) is 5.28. The van der Waals surface area contributed by atoms with Gasteiger partial charge in [0, 0.05) is 49.9 Å². The van der Waals surface area contributed by atoms with E-state index < -0.39 is 0 Å². The van der Waals surface area contributed by atoms with Crippen molar-refractivity contribution in [3.63, 3.8) is 0 Å². The summed E-state index contributed by atoms with van der Waals surface area (Å²) in [7, 11) is 1.92. The van der Waals surface area contributed by atoms with Crippen molar-refractivity contribution >= 4 is 40.1 Å². The van der Waals surface area contributed by atoms with Crippen LogP contribution in [-0.4, -0.2) is 62.6 Å². The van der Waals surface area contributed by atoms with Crippen molar-refractivity contribution in [3.8, 4) is 22.6 Å². The number of nitrogens with zero attached hydrogens (tertiary/aromatic N) is 4. The fraction of sp³-hybridized carbons (Fsp3) is 0.304. The predicted octanol–water partition coefficient (Wildman–Crippen LogP) is 3.84. The largest absolute Gasteiger partial charge is 0.507 e. The van der Waals surface area contributed by atoms with Gasteiger partial charge >= 0.3 is 0 Å². The Morgan fingerprint density at radius 2 is 2.12 bits per heavy atom. The molecule has 0 unspecified atom stereocenters. The molecule has 9 heteroatoms. The Labute approximate surface area is 195 Å². The lowest BCUT2D eigenvalue weighted by molar-refractivity contribution is -0.129. The highest BCUT2D eigenvalue weighted by Gasteiger charge is 2.35. The first kappa shape index (κ1) is 21.1. The monoisotopic (exact) mass is 472 g/mol. The standard InChI is InChI=1S/C23H22Cl2N4O3/c1-3-17(31)29-8-7-28-10-14-22-21(26-12-27(22)2)19(18-15(24)5-4-6-16(18)30)20(25)23(14)32-11-13(28)9-29/h3-6,12-13,30H,1,7-11H2,2H3/t13-/m1/s1. The maximum atomic E-state index is 12.1. The van der Waals surface area contributed by atoms with Crippen LogP contribution in [0.1, 0.15) is 5.56 Å². The van der Waals surface area contributed by atoms with Crippen LogP contribution in [0.5, 0.6) is 11.5 Å². The molecule has 7 nitrogen and oxygen atoms in total.